The summed E-state index contributed by atoms with van der Waals surface area (Å²) in [6, 6.07) is 5.67. The molecule has 0 spiro atoms. The van der Waals surface area contributed by atoms with E-state index in [9.17, 15) is 4.79 Å². The van der Waals surface area contributed by atoms with Crippen molar-refractivity contribution in [2.24, 2.45) is 5.92 Å². The summed E-state index contributed by atoms with van der Waals surface area (Å²) >= 11 is 1.55. The Hall–Kier alpha value is -2.54. The molecule has 1 aliphatic heterocycles. The number of carbonyl (C=O) groups excluding carboxylic acids is 1. The molecule has 0 N–H and O–H groups in total. The average Bonchev–Trinajstić information content (AvgIpc) is 3.29. The Bertz CT molecular complexity index is 986. The van der Waals surface area contributed by atoms with Gasteiger partial charge in [0, 0.05) is 35.9 Å². The number of piperidine rings is 1. The Labute approximate surface area is 168 Å². The number of hydrogen-bond acceptors (Lipinski definition) is 5. The van der Waals surface area contributed by atoms with Crippen LogP contribution in [0.3, 0.4) is 0 Å². The van der Waals surface area contributed by atoms with E-state index in [-0.39, 0.29) is 5.91 Å². The molecule has 1 fully saturated rings. The number of carbonyl (C=O) groups is 1. The highest BCUT2D eigenvalue weighted by Gasteiger charge is 2.22. The summed E-state index contributed by atoms with van der Waals surface area (Å²) in [5.41, 5.74) is 2.66. The molecule has 0 unspecified atom stereocenters. The molecule has 0 saturated carbocycles. The zero-order valence-electron chi connectivity index (χ0n) is 16.5. The summed E-state index contributed by atoms with van der Waals surface area (Å²) in [5.74, 6) is 2.40. The smallest absolute Gasteiger partial charge is 0.228 e. The fourth-order valence-electron chi connectivity index (χ4n) is 3.63. The van der Waals surface area contributed by atoms with E-state index < -0.39 is 0 Å². The van der Waals surface area contributed by atoms with Crippen LogP contribution in [0.5, 0.6) is 11.5 Å². The van der Waals surface area contributed by atoms with Crippen molar-refractivity contribution in [2.45, 2.75) is 26.2 Å². The van der Waals surface area contributed by atoms with Crippen LogP contribution in [0, 0.1) is 5.92 Å². The number of fused-ring (bicyclic) bond motifs is 1. The fourth-order valence-corrected chi connectivity index (χ4v) is 4.50. The predicted octanol–water partition coefficient (Wildman–Crippen LogP) is 3.88. The van der Waals surface area contributed by atoms with Crippen LogP contribution in [0.4, 0.5) is 0 Å². The number of benzene rings is 1. The second kappa shape index (κ2) is 7.83. The second-order valence-corrected chi connectivity index (χ2v) is 8.15. The first-order valence-corrected chi connectivity index (χ1v) is 10.4. The Morgan fingerprint density at radius 2 is 2.04 bits per heavy atom. The number of rotatable bonds is 5. The van der Waals surface area contributed by atoms with Crippen molar-refractivity contribution in [3.63, 3.8) is 0 Å². The Morgan fingerprint density at radius 3 is 2.75 bits per heavy atom. The molecule has 2 aromatic heterocycles. The zero-order valence-corrected chi connectivity index (χ0v) is 17.3. The van der Waals surface area contributed by atoms with Crippen molar-refractivity contribution < 1.29 is 14.3 Å². The molecule has 0 atom stereocenters. The number of ether oxygens (including phenoxy) is 2. The van der Waals surface area contributed by atoms with Crippen LogP contribution < -0.4 is 9.47 Å². The molecule has 3 heterocycles. The molecule has 1 aromatic carbocycles. The number of methoxy groups -OCH3 is 2. The largest absolute Gasteiger partial charge is 0.497 e. The molecule has 0 aliphatic carbocycles. The topological polar surface area (TPSA) is 56.1 Å². The van der Waals surface area contributed by atoms with Crippen LogP contribution in [0.1, 0.15) is 25.5 Å². The monoisotopic (exact) mass is 399 g/mol. The number of imidazole rings is 1. The van der Waals surface area contributed by atoms with Crippen LogP contribution in [-0.2, 0) is 11.2 Å². The summed E-state index contributed by atoms with van der Waals surface area (Å²) in [4.78, 5) is 20.3. The molecule has 28 heavy (non-hydrogen) atoms. The quantitative estimate of drug-likeness (QED) is 0.653. The Balaban J connectivity index is 1.60. The highest BCUT2D eigenvalue weighted by Crippen LogP contribution is 2.34. The summed E-state index contributed by atoms with van der Waals surface area (Å²) in [6.45, 7) is 3.98. The summed E-state index contributed by atoms with van der Waals surface area (Å²) in [5, 5.41) is 2.03. The lowest BCUT2D eigenvalue weighted by Crippen LogP contribution is -2.38. The van der Waals surface area contributed by atoms with Gasteiger partial charge in [0.2, 0.25) is 5.91 Å². The molecule has 148 valence electrons. The Kier molecular flexibility index (Phi) is 5.26. The number of hydrogen-bond donors (Lipinski definition) is 0. The minimum Gasteiger partial charge on any atom is -0.497 e. The number of amides is 1. The van der Waals surface area contributed by atoms with E-state index in [0.717, 1.165) is 59.3 Å². The maximum absolute atomic E-state index is 12.7. The van der Waals surface area contributed by atoms with E-state index in [1.54, 1.807) is 25.6 Å². The van der Waals surface area contributed by atoms with E-state index in [0.29, 0.717) is 12.3 Å². The predicted molar refractivity (Wildman–Crippen MR) is 110 cm³/mol. The van der Waals surface area contributed by atoms with Gasteiger partial charge in [-0.1, -0.05) is 6.92 Å². The Morgan fingerprint density at radius 1 is 1.25 bits per heavy atom. The van der Waals surface area contributed by atoms with Crippen molar-refractivity contribution in [1.82, 2.24) is 14.3 Å². The highest BCUT2D eigenvalue weighted by atomic mass is 32.1. The third-order valence-electron chi connectivity index (χ3n) is 5.43. The van der Waals surface area contributed by atoms with Crippen molar-refractivity contribution in [1.29, 1.82) is 0 Å². The summed E-state index contributed by atoms with van der Waals surface area (Å²) in [7, 11) is 3.29. The van der Waals surface area contributed by atoms with Crippen LogP contribution >= 0.6 is 11.3 Å². The molecular formula is C21H25N3O3S. The normalized spacial score (nSPS) is 15.2. The number of thiazole rings is 1. The van der Waals surface area contributed by atoms with Gasteiger partial charge < -0.3 is 14.4 Å². The maximum Gasteiger partial charge on any atom is 0.228 e. The van der Waals surface area contributed by atoms with Crippen molar-refractivity contribution in [3.8, 4) is 22.8 Å². The molecule has 0 radical (unpaired) electrons. The third kappa shape index (κ3) is 3.58. The van der Waals surface area contributed by atoms with E-state index >= 15 is 0 Å². The SMILES string of the molecule is COc1ccc(OC)c(-c2cn3c(CC(=O)N4CCC(C)CC4)csc3n2)c1. The lowest BCUT2D eigenvalue weighted by molar-refractivity contribution is -0.131. The van der Waals surface area contributed by atoms with E-state index in [4.69, 9.17) is 14.5 Å². The van der Waals surface area contributed by atoms with E-state index in [1.807, 2.05) is 39.1 Å². The van der Waals surface area contributed by atoms with Crippen LogP contribution in [0.15, 0.2) is 29.8 Å². The van der Waals surface area contributed by atoms with Gasteiger partial charge in [-0.15, -0.1) is 11.3 Å². The van der Waals surface area contributed by atoms with E-state index in [2.05, 4.69) is 6.92 Å². The molecule has 1 amide bonds. The molecular weight excluding hydrogens is 374 g/mol. The molecule has 4 rings (SSSR count). The van der Waals surface area contributed by atoms with Gasteiger partial charge in [0.05, 0.1) is 26.3 Å². The van der Waals surface area contributed by atoms with Crippen molar-refractivity contribution in [2.75, 3.05) is 27.3 Å². The highest BCUT2D eigenvalue weighted by molar-refractivity contribution is 7.15. The molecule has 1 saturated heterocycles. The van der Waals surface area contributed by atoms with Gasteiger partial charge in [-0.3, -0.25) is 9.20 Å². The van der Waals surface area contributed by atoms with Crippen LogP contribution in [0.25, 0.3) is 16.2 Å². The van der Waals surface area contributed by atoms with E-state index in [1.165, 1.54) is 0 Å². The number of nitrogens with zero attached hydrogens (tertiary/aromatic N) is 3. The van der Waals surface area contributed by atoms with Crippen molar-refractivity contribution in [3.05, 3.63) is 35.5 Å². The van der Waals surface area contributed by atoms with Gasteiger partial charge in [0.25, 0.3) is 0 Å². The summed E-state index contributed by atoms with van der Waals surface area (Å²) in [6.07, 6.45) is 4.56. The van der Waals surface area contributed by atoms with Gasteiger partial charge >= 0.3 is 0 Å². The number of aromatic nitrogens is 2. The van der Waals surface area contributed by atoms with Crippen LogP contribution in [-0.4, -0.2) is 47.5 Å². The minimum atomic E-state index is 0.195. The first kappa shape index (κ1) is 18.8. The lowest BCUT2D eigenvalue weighted by atomic mass is 9.99. The second-order valence-electron chi connectivity index (χ2n) is 7.31. The number of likely N-dealkylation sites (tertiary alicyclic amines) is 1. The summed E-state index contributed by atoms with van der Waals surface area (Å²) < 4.78 is 12.9. The zero-order chi connectivity index (χ0) is 19.7. The third-order valence-corrected chi connectivity index (χ3v) is 6.32. The average molecular weight is 400 g/mol. The fraction of sp³-hybridized carbons (Fsp3) is 0.429. The van der Waals surface area contributed by atoms with Gasteiger partial charge in [0.1, 0.15) is 11.5 Å². The molecule has 7 heteroatoms. The lowest BCUT2D eigenvalue weighted by Gasteiger charge is -2.30. The van der Waals surface area contributed by atoms with Gasteiger partial charge in [-0.25, -0.2) is 4.98 Å². The van der Waals surface area contributed by atoms with Crippen molar-refractivity contribution >= 4 is 22.2 Å². The standard InChI is InChI=1S/C21H25N3O3S/c1-14-6-8-23(9-7-14)20(25)10-15-13-28-21-22-18(12-24(15)21)17-11-16(26-2)4-5-19(17)27-3/h4-5,11-14H,6-10H2,1-3H3. The molecule has 3 aromatic rings. The molecule has 0 bridgehead atoms. The minimum absolute atomic E-state index is 0.195. The van der Waals surface area contributed by atoms with Gasteiger partial charge in [-0.2, -0.15) is 0 Å². The first-order valence-electron chi connectivity index (χ1n) is 9.54. The maximum atomic E-state index is 12.7. The molecule has 1 aliphatic rings. The van der Waals surface area contributed by atoms with Crippen LogP contribution in [0.2, 0.25) is 0 Å². The first-order chi connectivity index (χ1) is 13.6. The molecule has 6 nitrogen and oxygen atoms in total. The van der Waals surface area contributed by atoms with Gasteiger partial charge in [-0.05, 0) is 37.0 Å². The van der Waals surface area contributed by atoms with Gasteiger partial charge in [0.15, 0.2) is 4.96 Å².